The van der Waals surface area contributed by atoms with Crippen LogP contribution in [0.5, 0.6) is 0 Å². The van der Waals surface area contributed by atoms with E-state index in [1.165, 1.54) is 11.5 Å². The van der Waals surface area contributed by atoms with Crippen LogP contribution < -0.4 is 9.80 Å². The van der Waals surface area contributed by atoms with Gasteiger partial charge in [0.15, 0.2) is 5.82 Å². The standard InChI is InChI=1S/C18H16N6S2/c1-2-4-13(5-3-1)15-21-18(26-22-15)24-9-7-23(8-10-24)16-14-6-11-25-17(14)20-12-19-16/h1-6,11-12H,7-10H2. The number of piperazine rings is 1. The molecule has 8 heteroatoms. The predicted molar refractivity (Wildman–Crippen MR) is 107 cm³/mol. The largest absolute Gasteiger partial charge is 0.352 e. The van der Waals surface area contributed by atoms with E-state index in [4.69, 9.17) is 4.98 Å². The van der Waals surface area contributed by atoms with Gasteiger partial charge in [0.1, 0.15) is 17.0 Å². The summed E-state index contributed by atoms with van der Waals surface area (Å²) in [4.78, 5) is 19.3. The van der Waals surface area contributed by atoms with Crippen LogP contribution in [0.15, 0.2) is 48.1 Å². The molecule has 0 amide bonds. The first-order chi connectivity index (χ1) is 12.9. The van der Waals surface area contributed by atoms with E-state index in [-0.39, 0.29) is 0 Å². The molecule has 0 unspecified atom stereocenters. The quantitative estimate of drug-likeness (QED) is 0.542. The van der Waals surface area contributed by atoms with E-state index in [1.807, 2.05) is 30.3 Å². The van der Waals surface area contributed by atoms with Gasteiger partial charge in [-0.2, -0.15) is 9.36 Å². The molecular formula is C18H16N6S2. The molecule has 0 atom stereocenters. The number of fused-ring (bicyclic) bond motifs is 1. The van der Waals surface area contributed by atoms with Gasteiger partial charge in [0, 0.05) is 43.3 Å². The molecule has 0 spiro atoms. The second kappa shape index (κ2) is 6.62. The molecule has 1 saturated heterocycles. The van der Waals surface area contributed by atoms with E-state index in [9.17, 15) is 0 Å². The Morgan fingerprint density at radius 1 is 0.885 bits per heavy atom. The Morgan fingerprint density at radius 3 is 2.54 bits per heavy atom. The van der Waals surface area contributed by atoms with Crippen molar-refractivity contribution in [1.82, 2.24) is 19.3 Å². The van der Waals surface area contributed by atoms with Crippen LogP contribution in [-0.4, -0.2) is 45.5 Å². The number of aromatic nitrogens is 4. The third kappa shape index (κ3) is 2.81. The molecule has 1 aliphatic rings. The van der Waals surface area contributed by atoms with E-state index in [0.29, 0.717) is 0 Å². The summed E-state index contributed by atoms with van der Waals surface area (Å²) < 4.78 is 4.53. The maximum atomic E-state index is 4.73. The summed E-state index contributed by atoms with van der Waals surface area (Å²) >= 11 is 3.13. The zero-order valence-electron chi connectivity index (χ0n) is 13.9. The number of hydrogen-bond acceptors (Lipinski definition) is 8. The Bertz CT molecular complexity index is 1020. The highest BCUT2D eigenvalue weighted by molar-refractivity contribution is 7.16. The first-order valence-corrected chi connectivity index (χ1v) is 10.1. The van der Waals surface area contributed by atoms with Gasteiger partial charge in [-0.05, 0) is 11.4 Å². The minimum absolute atomic E-state index is 0.809. The lowest BCUT2D eigenvalue weighted by Crippen LogP contribution is -2.46. The third-order valence-electron chi connectivity index (χ3n) is 4.54. The average Bonchev–Trinajstić information content (AvgIpc) is 3.38. The molecular weight excluding hydrogens is 364 g/mol. The summed E-state index contributed by atoms with van der Waals surface area (Å²) in [5.41, 5.74) is 1.06. The number of thiophene rings is 1. The monoisotopic (exact) mass is 380 g/mol. The van der Waals surface area contributed by atoms with Crippen LogP contribution in [0.4, 0.5) is 10.9 Å². The van der Waals surface area contributed by atoms with Gasteiger partial charge in [-0.3, -0.25) is 0 Å². The van der Waals surface area contributed by atoms with Crippen molar-refractivity contribution in [2.75, 3.05) is 36.0 Å². The highest BCUT2D eigenvalue weighted by Crippen LogP contribution is 2.29. The van der Waals surface area contributed by atoms with Crippen molar-refractivity contribution in [2.45, 2.75) is 0 Å². The molecule has 0 saturated carbocycles. The van der Waals surface area contributed by atoms with E-state index in [1.54, 1.807) is 17.7 Å². The molecule has 130 valence electrons. The number of anilines is 2. The second-order valence-corrected chi connectivity index (χ2v) is 7.70. The Balaban J connectivity index is 1.32. The van der Waals surface area contributed by atoms with Crippen molar-refractivity contribution in [3.05, 3.63) is 48.1 Å². The molecule has 0 bridgehead atoms. The lowest BCUT2D eigenvalue weighted by atomic mass is 10.2. The Morgan fingerprint density at radius 2 is 1.69 bits per heavy atom. The van der Waals surface area contributed by atoms with Gasteiger partial charge < -0.3 is 9.80 Å². The fourth-order valence-corrected chi connectivity index (χ4v) is 4.65. The van der Waals surface area contributed by atoms with Crippen LogP contribution in [0.2, 0.25) is 0 Å². The molecule has 0 aliphatic carbocycles. The zero-order chi connectivity index (χ0) is 17.3. The van der Waals surface area contributed by atoms with Crippen molar-refractivity contribution in [3.8, 4) is 11.4 Å². The molecule has 1 aliphatic heterocycles. The summed E-state index contributed by atoms with van der Waals surface area (Å²) in [6, 6.07) is 12.2. The summed E-state index contributed by atoms with van der Waals surface area (Å²) in [5, 5.41) is 4.21. The lowest BCUT2D eigenvalue weighted by molar-refractivity contribution is 0.647. The molecule has 3 aromatic heterocycles. The first kappa shape index (κ1) is 15.7. The van der Waals surface area contributed by atoms with Gasteiger partial charge in [0.25, 0.3) is 0 Å². The maximum absolute atomic E-state index is 4.73. The Kier molecular flexibility index (Phi) is 3.99. The van der Waals surface area contributed by atoms with Gasteiger partial charge in [-0.1, -0.05) is 30.3 Å². The van der Waals surface area contributed by atoms with Crippen LogP contribution in [-0.2, 0) is 0 Å². The van der Waals surface area contributed by atoms with E-state index >= 15 is 0 Å². The fraction of sp³-hybridized carbons (Fsp3) is 0.222. The maximum Gasteiger partial charge on any atom is 0.205 e. The van der Waals surface area contributed by atoms with Crippen LogP contribution in [0.25, 0.3) is 21.6 Å². The van der Waals surface area contributed by atoms with Gasteiger partial charge in [-0.25, -0.2) is 9.97 Å². The minimum Gasteiger partial charge on any atom is -0.352 e. The average molecular weight is 381 g/mol. The smallest absolute Gasteiger partial charge is 0.205 e. The normalized spacial score (nSPS) is 14.9. The van der Waals surface area contributed by atoms with Crippen molar-refractivity contribution in [3.63, 3.8) is 0 Å². The Hall–Kier alpha value is -2.58. The van der Waals surface area contributed by atoms with Crippen molar-refractivity contribution in [1.29, 1.82) is 0 Å². The van der Waals surface area contributed by atoms with Crippen LogP contribution in [0.1, 0.15) is 0 Å². The third-order valence-corrected chi connectivity index (χ3v) is 6.14. The lowest BCUT2D eigenvalue weighted by Gasteiger charge is -2.35. The topological polar surface area (TPSA) is 58.0 Å². The zero-order valence-corrected chi connectivity index (χ0v) is 15.6. The summed E-state index contributed by atoms with van der Waals surface area (Å²) in [7, 11) is 0. The van der Waals surface area contributed by atoms with Crippen molar-refractivity contribution in [2.24, 2.45) is 0 Å². The van der Waals surface area contributed by atoms with Crippen molar-refractivity contribution < 1.29 is 0 Å². The van der Waals surface area contributed by atoms with Gasteiger partial charge >= 0.3 is 0 Å². The number of rotatable bonds is 3. The molecule has 1 aromatic carbocycles. The van der Waals surface area contributed by atoms with Crippen molar-refractivity contribution >= 4 is 44.0 Å². The molecule has 1 fully saturated rings. The summed E-state index contributed by atoms with van der Waals surface area (Å²) in [6.07, 6.45) is 1.66. The van der Waals surface area contributed by atoms with Crippen LogP contribution >= 0.6 is 22.9 Å². The van der Waals surface area contributed by atoms with Crippen LogP contribution in [0.3, 0.4) is 0 Å². The number of nitrogens with zero attached hydrogens (tertiary/aromatic N) is 6. The van der Waals surface area contributed by atoms with E-state index in [0.717, 1.165) is 58.7 Å². The second-order valence-electron chi connectivity index (χ2n) is 6.08. The molecule has 4 heterocycles. The molecule has 6 nitrogen and oxygen atoms in total. The molecule has 26 heavy (non-hydrogen) atoms. The van der Waals surface area contributed by atoms with Crippen LogP contribution in [0, 0.1) is 0 Å². The molecule has 0 N–H and O–H groups in total. The Labute approximate surface area is 159 Å². The summed E-state index contributed by atoms with van der Waals surface area (Å²) in [6.45, 7) is 3.67. The fourth-order valence-electron chi connectivity index (χ4n) is 3.19. The molecule has 5 rings (SSSR count). The van der Waals surface area contributed by atoms with Gasteiger partial charge in [-0.15, -0.1) is 11.3 Å². The van der Waals surface area contributed by atoms with E-state index < -0.39 is 0 Å². The predicted octanol–water partition coefficient (Wildman–Crippen LogP) is 3.54. The first-order valence-electron chi connectivity index (χ1n) is 8.46. The molecule has 4 aromatic rings. The molecule has 0 radical (unpaired) electrons. The SMILES string of the molecule is c1ccc(-c2nsc(N3CCN(c4ncnc5sccc45)CC3)n2)cc1. The number of hydrogen-bond donors (Lipinski definition) is 0. The highest BCUT2D eigenvalue weighted by atomic mass is 32.1. The summed E-state index contributed by atoms with van der Waals surface area (Å²) in [5.74, 6) is 1.85. The number of benzene rings is 1. The van der Waals surface area contributed by atoms with Gasteiger partial charge in [0.05, 0.1) is 5.39 Å². The van der Waals surface area contributed by atoms with E-state index in [2.05, 4.69) is 35.6 Å². The van der Waals surface area contributed by atoms with Gasteiger partial charge in [0.2, 0.25) is 5.13 Å². The minimum atomic E-state index is 0.809. The highest BCUT2D eigenvalue weighted by Gasteiger charge is 2.22.